The maximum Gasteiger partial charge on any atom is 0.0975 e. The average Bonchev–Trinajstić information content (AvgIpc) is 2.25. The molecule has 94 valence electrons. The van der Waals surface area contributed by atoms with Crippen LogP contribution in [0.4, 0.5) is 0 Å². The minimum atomic E-state index is -0.960. The van der Waals surface area contributed by atoms with Gasteiger partial charge in [-0.2, -0.15) is 0 Å². The van der Waals surface area contributed by atoms with Gasteiger partial charge in [0.05, 0.1) is 15.7 Å². The van der Waals surface area contributed by atoms with Gasteiger partial charge < -0.3 is 0 Å². The summed E-state index contributed by atoms with van der Waals surface area (Å²) in [5, 5.41) is 0. The van der Waals surface area contributed by atoms with Crippen molar-refractivity contribution < 1.29 is 4.21 Å². The summed E-state index contributed by atoms with van der Waals surface area (Å²) in [5.74, 6) is 0. The van der Waals surface area contributed by atoms with Crippen molar-refractivity contribution in [1.29, 1.82) is 0 Å². The summed E-state index contributed by atoms with van der Waals surface area (Å²) >= 11 is 0. The highest BCUT2D eigenvalue weighted by atomic mass is 32.2. The Labute approximate surface area is 102 Å². The molecule has 0 saturated heterocycles. The molecule has 1 unspecified atom stereocenters. The minimum Gasteiger partial charge on any atom is -0.242 e. The molecule has 0 spiro atoms. The Hall–Kier alpha value is -0.150. The number of rotatable bonds is 4. The maximum atomic E-state index is 12.0. The van der Waals surface area contributed by atoms with Crippen LogP contribution in [0.25, 0.3) is 0 Å². The van der Waals surface area contributed by atoms with Gasteiger partial charge in [0.15, 0.2) is 0 Å². The summed E-state index contributed by atoms with van der Waals surface area (Å²) in [6.07, 6.45) is 8.31. The first kappa shape index (κ1) is 13.9. The lowest BCUT2D eigenvalue weighted by Gasteiger charge is -2.26. The third-order valence-electron chi connectivity index (χ3n) is 2.99. The molecule has 0 bridgehead atoms. The fraction of sp³-hybridized carbons (Fsp3) is 0.846. The zero-order valence-corrected chi connectivity index (χ0v) is 11.8. The van der Waals surface area contributed by atoms with Gasteiger partial charge in [0, 0.05) is 6.04 Å². The Morgan fingerprint density at radius 1 is 1.44 bits per heavy atom. The Morgan fingerprint density at radius 2 is 2.12 bits per heavy atom. The zero-order valence-electron chi connectivity index (χ0n) is 11.0. The van der Waals surface area contributed by atoms with Crippen molar-refractivity contribution in [3.8, 4) is 0 Å². The second-order valence-corrected chi connectivity index (χ2v) is 7.48. The van der Waals surface area contributed by atoms with Crippen LogP contribution in [0.15, 0.2) is 11.6 Å². The summed E-state index contributed by atoms with van der Waals surface area (Å²) in [6, 6.07) is 0.306. The lowest BCUT2D eigenvalue weighted by Crippen LogP contribution is -2.40. The van der Waals surface area contributed by atoms with Gasteiger partial charge in [-0.3, -0.25) is 0 Å². The van der Waals surface area contributed by atoms with E-state index < -0.39 is 11.0 Å². The van der Waals surface area contributed by atoms with Crippen LogP contribution < -0.4 is 4.72 Å². The van der Waals surface area contributed by atoms with Crippen molar-refractivity contribution in [1.82, 2.24) is 4.72 Å². The van der Waals surface area contributed by atoms with E-state index in [4.69, 9.17) is 0 Å². The number of hydrogen-bond acceptors (Lipinski definition) is 1. The van der Waals surface area contributed by atoms with Crippen LogP contribution in [0.5, 0.6) is 0 Å². The van der Waals surface area contributed by atoms with Gasteiger partial charge in [-0.25, -0.2) is 8.93 Å². The smallest absolute Gasteiger partial charge is 0.0975 e. The van der Waals surface area contributed by atoms with Crippen molar-refractivity contribution in [3.63, 3.8) is 0 Å². The molecule has 0 saturated carbocycles. The Morgan fingerprint density at radius 3 is 2.56 bits per heavy atom. The van der Waals surface area contributed by atoms with Crippen LogP contribution in [0, 0.1) is 0 Å². The molecule has 0 aromatic rings. The SMILES string of the molecule is CC[C@@H](NS(=O)C(C)(C)C)C1=CCCCC1. The molecule has 0 fully saturated rings. The van der Waals surface area contributed by atoms with E-state index in [-0.39, 0.29) is 4.75 Å². The molecule has 3 heteroatoms. The molecule has 0 radical (unpaired) electrons. The first-order valence-corrected chi connectivity index (χ1v) is 7.47. The summed E-state index contributed by atoms with van der Waals surface area (Å²) in [7, 11) is -0.960. The number of hydrogen-bond donors (Lipinski definition) is 1. The fourth-order valence-corrected chi connectivity index (χ4v) is 2.84. The standard InChI is InChI=1S/C13H25NOS/c1-5-12(11-9-7-6-8-10-11)14-16(15)13(2,3)4/h9,12,14H,5-8,10H2,1-4H3/t12-,16?/m1/s1. The van der Waals surface area contributed by atoms with Crippen LogP contribution in [0.2, 0.25) is 0 Å². The molecule has 2 atom stereocenters. The Balaban J connectivity index is 2.61. The third kappa shape index (κ3) is 4.02. The molecule has 1 N–H and O–H groups in total. The van der Waals surface area contributed by atoms with Crippen LogP contribution in [-0.4, -0.2) is 15.0 Å². The molecule has 1 aliphatic carbocycles. The molecule has 0 aromatic heterocycles. The van der Waals surface area contributed by atoms with Gasteiger partial charge in [-0.05, 0) is 52.9 Å². The third-order valence-corrected chi connectivity index (χ3v) is 4.60. The van der Waals surface area contributed by atoms with E-state index in [9.17, 15) is 4.21 Å². The average molecular weight is 243 g/mol. The molecule has 16 heavy (non-hydrogen) atoms. The zero-order chi connectivity index (χ0) is 12.2. The van der Waals surface area contributed by atoms with E-state index >= 15 is 0 Å². The van der Waals surface area contributed by atoms with Crippen LogP contribution >= 0.6 is 0 Å². The largest absolute Gasteiger partial charge is 0.242 e. The minimum absolute atomic E-state index is 0.178. The highest BCUT2D eigenvalue weighted by Gasteiger charge is 2.24. The molecule has 0 heterocycles. The second-order valence-electron chi connectivity index (χ2n) is 5.48. The van der Waals surface area contributed by atoms with Gasteiger partial charge >= 0.3 is 0 Å². The summed E-state index contributed by atoms with van der Waals surface area (Å²) in [5.41, 5.74) is 1.46. The first-order chi connectivity index (χ1) is 7.45. The molecular formula is C13H25NOS. The summed E-state index contributed by atoms with van der Waals surface area (Å²) in [6.45, 7) is 8.20. The van der Waals surface area contributed by atoms with E-state index in [1.54, 1.807) is 0 Å². The van der Waals surface area contributed by atoms with Crippen molar-refractivity contribution in [2.75, 3.05) is 0 Å². The van der Waals surface area contributed by atoms with Crippen LogP contribution in [-0.2, 0) is 11.0 Å². The maximum absolute atomic E-state index is 12.0. The number of allylic oxidation sites excluding steroid dienone is 1. The molecule has 1 aliphatic rings. The predicted molar refractivity (Wildman–Crippen MR) is 71.7 cm³/mol. The summed E-state index contributed by atoms with van der Waals surface area (Å²) < 4.78 is 15.2. The molecule has 1 rings (SSSR count). The van der Waals surface area contributed by atoms with E-state index in [0.717, 1.165) is 6.42 Å². The first-order valence-electron chi connectivity index (χ1n) is 6.32. The van der Waals surface area contributed by atoms with Crippen molar-refractivity contribution in [3.05, 3.63) is 11.6 Å². The molecule has 0 aromatic carbocycles. The van der Waals surface area contributed by atoms with Crippen molar-refractivity contribution in [2.24, 2.45) is 0 Å². The van der Waals surface area contributed by atoms with Crippen molar-refractivity contribution >= 4 is 11.0 Å². The summed E-state index contributed by atoms with van der Waals surface area (Å²) in [4.78, 5) is 0. The Bertz CT molecular complexity index is 278. The number of nitrogens with one attached hydrogen (secondary N) is 1. The monoisotopic (exact) mass is 243 g/mol. The Kier molecular flexibility index (Phi) is 5.19. The van der Waals surface area contributed by atoms with E-state index in [1.807, 2.05) is 20.8 Å². The van der Waals surface area contributed by atoms with Crippen LogP contribution in [0.1, 0.15) is 59.8 Å². The van der Waals surface area contributed by atoms with Gasteiger partial charge in [0.2, 0.25) is 0 Å². The fourth-order valence-electron chi connectivity index (χ4n) is 1.91. The normalized spacial score (nSPS) is 21.4. The predicted octanol–water partition coefficient (Wildman–Crippen LogP) is 3.32. The van der Waals surface area contributed by atoms with Crippen LogP contribution in [0.3, 0.4) is 0 Å². The molecule has 0 amide bonds. The topological polar surface area (TPSA) is 29.1 Å². The van der Waals surface area contributed by atoms with Crippen molar-refractivity contribution in [2.45, 2.75) is 70.6 Å². The van der Waals surface area contributed by atoms with Gasteiger partial charge in [-0.1, -0.05) is 18.6 Å². The molecule has 2 nitrogen and oxygen atoms in total. The highest BCUT2D eigenvalue weighted by molar-refractivity contribution is 7.84. The molecular weight excluding hydrogens is 218 g/mol. The lowest BCUT2D eigenvalue weighted by molar-refractivity contribution is 0.574. The van der Waals surface area contributed by atoms with E-state index in [0.29, 0.717) is 6.04 Å². The van der Waals surface area contributed by atoms with E-state index in [1.165, 1.54) is 31.3 Å². The van der Waals surface area contributed by atoms with Gasteiger partial charge in [0.25, 0.3) is 0 Å². The van der Waals surface area contributed by atoms with E-state index in [2.05, 4.69) is 17.7 Å². The molecule has 0 aliphatic heterocycles. The second kappa shape index (κ2) is 5.97. The highest BCUT2D eigenvalue weighted by Crippen LogP contribution is 2.23. The lowest BCUT2D eigenvalue weighted by atomic mass is 9.93. The van der Waals surface area contributed by atoms with Gasteiger partial charge in [-0.15, -0.1) is 0 Å². The van der Waals surface area contributed by atoms with Gasteiger partial charge in [0.1, 0.15) is 0 Å². The quantitative estimate of drug-likeness (QED) is 0.754.